The normalized spacial score (nSPS) is 11.2. The molecule has 3 heterocycles. The van der Waals surface area contributed by atoms with Crippen molar-refractivity contribution >= 4 is 60.5 Å². The van der Waals surface area contributed by atoms with E-state index >= 15 is 0 Å². The lowest BCUT2D eigenvalue weighted by atomic mass is 10.1. The number of nitrogens with one attached hydrogen (secondary N) is 1. The molecule has 0 saturated heterocycles. The number of pyridine rings is 1. The molecule has 7 heteroatoms. The summed E-state index contributed by atoms with van der Waals surface area (Å²) in [7, 11) is 0. The fourth-order valence-electron chi connectivity index (χ4n) is 2.41. The Bertz CT molecular complexity index is 1040. The first-order valence-corrected chi connectivity index (χ1v) is 8.61. The number of thiazole rings is 1. The molecule has 3 aromatic heterocycles. The van der Waals surface area contributed by atoms with E-state index in [9.17, 15) is 4.79 Å². The highest BCUT2D eigenvalue weighted by atomic mass is 32.1. The number of benzene rings is 1. The van der Waals surface area contributed by atoms with Crippen molar-refractivity contribution in [1.82, 2.24) is 9.97 Å². The zero-order chi connectivity index (χ0) is 16.0. The van der Waals surface area contributed by atoms with Gasteiger partial charge in [-0.05, 0) is 24.6 Å². The summed E-state index contributed by atoms with van der Waals surface area (Å²) in [5.41, 5.74) is 8.71. The molecule has 0 fully saturated rings. The molecular weight excluding hydrogens is 328 g/mol. The monoisotopic (exact) mass is 340 g/mol. The second-order valence-corrected chi connectivity index (χ2v) is 7.07. The van der Waals surface area contributed by atoms with Gasteiger partial charge in [-0.25, -0.2) is 9.97 Å². The Morgan fingerprint density at radius 3 is 2.96 bits per heavy atom. The quantitative estimate of drug-likeness (QED) is 0.577. The molecule has 0 aliphatic carbocycles. The third-order valence-corrected chi connectivity index (χ3v) is 5.33. The van der Waals surface area contributed by atoms with E-state index < -0.39 is 0 Å². The predicted octanol–water partition coefficient (Wildman–Crippen LogP) is 4.05. The first-order chi connectivity index (χ1) is 11.1. The summed E-state index contributed by atoms with van der Waals surface area (Å²) in [5.74, 6) is -0.249. The second kappa shape index (κ2) is 5.29. The van der Waals surface area contributed by atoms with Gasteiger partial charge in [-0.3, -0.25) is 10.1 Å². The van der Waals surface area contributed by atoms with Crippen molar-refractivity contribution in [1.29, 1.82) is 0 Å². The number of nitrogens with zero attached hydrogens (tertiary/aromatic N) is 2. The van der Waals surface area contributed by atoms with Crippen LogP contribution in [0.25, 0.3) is 21.1 Å². The largest absolute Gasteiger partial charge is 0.397 e. The zero-order valence-electron chi connectivity index (χ0n) is 12.2. The van der Waals surface area contributed by atoms with Gasteiger partial charge < -0.3 is 5.73 Å². The maximum absolute atomic E-state index is 12.4. The van der Waals surface area contributed by atoms with Crippen LogP contribution >= 0.6 is 22.7 Å². The standard InChI is InChI=1S/C16H12N4OS2/c1-8-2-3-9-7-10-12(17)13(23-15(10)19-11(9)6-8)14(21)20-16-18-4-5-22-16/h2-7H,17H2,1H3,(H,18,20,21). The van der Waals surface area contributed by atoms with Crippen molar-refractivity contribution in [2.24, 2.45) is 0 Å². The van der Waals surface area contributed by atoms with Crippen LogP contribution < -0.4 is 11.1 Å². The highest BCUT2D eigenvalue weighted by molar-refractivity contribution is 7.21. The van der Waals surface area contributed by atoms with Gasteiger partial charge in [0.05, 0.1) is 11.2 Å². The molecule has 0 bridgehead atoms. The number of carbonyl (C=O) groups excluding carboxylic acids is 1. The molecule has 0 radical (unpaired) electrons. The smallest absolute Gasteiger partial charge is 0.269 e. The Balaban J connectivity index is 1.83. The van der Waals surface area contributed by atoms with Crippen LogP contribution in [-0.2, 0) is 0 Å². The number of fused-ring (bicyclic) bond motifs is 2. The number of aromatic nitrogens is 2. The van der Waals surface area contributed by atoms with Crippen molar-refractivity contribution in [3.63, 3.8) is 0 Å². The van der Waals surface area contributed by atoms with E-state index in [-0.39, 0.29) is 5.91 Å². The maximum Gasteiger partial charge on any atom is 0.269 e. The van der Waals surface area contributed by atoms with Crippen LogP contribution in [0.3, 0.4) is 0 Å². The van der Waals surface area contributed by atoms with E-state index in [4.69, 9.17) is 5.73 Å². The number of nitrogens with two attached hydrogens (primary N) is 1. The summed E-state index contributed by atoms with van der Waals surface area (Å²) < 4.78 is 0. The molecule has 0 spiro atoms. The van der Waals surface area contributed by atoms with Crippen molar-refractivity contribution in [3.05, 3.63) is 46.3 Å². The molecular formula is C16H12N4OS2. The van der Waals surface area contributed by atoms with Crippen molar-refractivity contribution < 1.29 is 4.79 Å². The highest BCUT2D eigenvalue weighted by Gasteiger charge is 2.18. The number of hydrogen-bond acceptors (Lipinski definition) is 6. The lowest BCUT2D eigenvalue weighted by Crippen LogP contribution is -2.11. The zero-order valence-corrected chi connectivity index (χ0v) is 13.8. The minimum absolute atomic E-state index is 0.249. The van der Waals surface area contributed by atoms with E-state index in [1.165, 1.54) is 22.7 Å². The molecule has 0 saturated carbocycles. The van der Waals surface area contributed by atoms with Crippen molar-refractivity contribution in [2.45, 2.75) is 6.92 Å². The Hall–Kier alpha value is -2.51. The van der Waals surface area contributed by atoms with E-state index in [0.29, 0.717) is 15.7 Å². The molecule has 0 unspecified atom stereocenters. The molecule has 0 aliphatic heterocycles. The van der Waals surface area contributed by atoms with Gasteiger partial charge in [-0.15, -0.1) is 22.7 Å². The van der Waals surface area contributed by atoms with Gasteiger partial charge in [-0.2, -0.15) is 0 Å². The number of thiophene rings is 1. The van der Waals surface area contributed by atoms with Crippen LogP contribution in [0.15, 0.2) is 35.8 Å². The van der Waals surface area contributed by atoms with E-state index in [1.54, 1.807) is 11.6 Å². The van der Waals surface area contributed by atoms with Gasteiger partial charge >= 0.3 is 0 Å². The number of amides is 1. The van der Waals surface area contributed by atoms with Crippen LogP contribution in [0.5, 0.6) is 0 Å². The van der Waals surface area contributed by atoms with Crippen LogP contribution in [-0.4, -0.2) is 15.9 Å². The minimum Gasteiger partial charge on any atom is -0.397 e. The number of anilines is 2. The summed E-state index contributed by atoms with van der Waals surface area (Å²) in [6, 6.07) is 8.07. The topological polar surface area (TPSA) is 80.9 Å². The summed E-state index contributed by atoms with van der Waals surface area (Å²) in [6.07, 6.45) is 1.64. The Morgan fingerprint density at radius 1 is 1.30 bits per heavy atom. The highest BCUT2D eigenvalue weighted by Crippen LogP contribution is 2.35. The van der Waals surface area contributed by atoms with Gasteiger partial charge in [0, 0.05) is 22.3 Å². The number of nitrogen functional groups attached to an aromatic ring is 1. The van der Waals surface area contributed by atoms with Crippen LogP contribution in [0.4, 0.5) is 10.8 Å². The van der Waals surface area contributed by atoms with E-state index in [1.807, 2.05) is 31.2 Å². The predicted molar refractivity (Wildman–Crippen MR) is 96.3 cm³/mol. The lowest BCUT2D eigenvalue weighted by molar-refractivity contribution is 0.103. The van der Waals surface area contributed by atoms with Gasteiger partial charge in [0.2, 0.25) is 0 Å². The van der Waals surface area contributed by atoms with Crippen molar-refractivity contribution in [2.75, 3.05) is 11.1 Å². The van der Waals surface area contributed by atoms with Crippen molar-refractivity contribution in [3.8, 4) is 0 Å². The van der Waals surface area contributed by atoms with Gasteiger partial charge in [-0.1, -0.05) is 12.1 Å². The summed E-state index contributed by atoms with van der Waals surface area (Å²) in [6.45, 7) is 2.03. The van der Waals surface area contributed by atoms with E-state index in [2.05, 4.69) is 15.3 Å². The SMILES string of the molecule is Cc1ccc2cc3c(N)c(C(=O)Nc4nccs4)sc3nc2c1. The third kappa shape index (κ3) is 2.43. The fraction of sp³-hybridized carbons (Fsp3) is 0.0625. The summed E-state index contributed by atoms with van der Waals surface area (Å²) >= 11 is 2.67. The molecule has 3 N–H and O–H groups in total. The average molecular weight is 340 g/mol. The van der Waals surface area contributed by atoms with E-state index in [0.717, 1.165) is 26.7 Å². The van der Waals surface area contributed by atoms with Gasteiger partial charge in [0.15, 0.2) is 5.13 Å². The molecule has 5 nitrogen and oxygen atoms in total. The number of rotatable bonds is 2. The molecule has 4 aromatic rings. The van der Waals surface area contributed by atoms with Crippen LogP contribution in [0.1, 0.15) is 15.2 Å². The Kier molecular flexibility index (Phi) is 3.24. The van der Waals surface area contributed by atoms with Crippen LogP contribution in [0, 0.1) is 6.92 Å². The summed E-state index contributed by atoms with van der Waals surface area (Å²) in [5, 5.41) is 6.95. The molecule has 1 aromatic carbocycles. The molecule has 0 atom stereocenters. The maximum atomic E-state index is 12.4. The first kappa shape index (κ1) is 14.1. The number of hydrogen-bond donors (Lipinski definition) is 2. The Labute approximate surface area is 139 Å². The fourth-order valence-corrected chi connectivity index (χ4v) is 3.92. The third-order valence-electron chi connectivity index (χ3n) is 3.53. The average Bonchev–Trinajstić information content (AvgIpc) is 3.14. The second-order valence-electron chi connectivity index (χ2n) is 5.17. The molecule has 4 rings (SSSR count). The van der Waals surface area contributed by atoms with Gasteiger partial charge in [0.25, 0.3) is 5.91 Å². The van der Waals surface area contributed by atoms with Crippen LogP contribution in [0.2, 0.25) is 0 Å². The first-order valence-electron chi connectivity index (χ1n) is 6.92. The lowest BCUT2D eigenvalue weighted by Gasteiger charge is -2.00. The number of carbonyl (C=O) groups is 1. The minimum atomic E-state index is -0.249. The van der Waals surface area contributed by atoms with Gasteiger partial charge in [0.1, 0.15) is 9.71 Å². The Morgan fingerprint density at radius 2 is 2.17 bits per heavy atom. The molecule has 0 aliphatic rings. The molecule has 114 valence electrons. The number of aryl methyl sites for hydroxylation is 1. The summed E-state index contributed by atoms with van der Waals surface area (Å²) in [4.78, 5) is 22.3. The molecule has 23 heavy (non-hydrogen) atoms. The molecule has 1 amide bonds.